The van der Waals surface area contributed by atoms with Gasteiger partial charge in [-0.3, -0.25) is 4.79 Å². The van der Waals surface area contributed by atoms with Crippen molar-refractivity contribution in [3.05, 3.63) is 34.3 Å². The van der Waals surface area contributed by atoms with Gasteiger partial charge in [-0.25, -0.2) is 0 Å². The number of benzene rings is 1. The summed E-state index contributed by atoms with van der Waals surface area (Å²) in [5.41, 5.74) is 1.71. The quantitative estimate of drug-likeness (QED) is 0.856. The molecule has 2 fully saturated rings. The molecule has 1 amide bonds. The van der Waals surface area contributed by atoms with Gasteiger partial charge in [0.05, 0.1) is 10.6 Å². The molecule has 0 spiro atoms. The lowest BCUT2D eigenvalue weighted by molar-refractivity contribution is 0.0682. The zero-order chi connectivity index (χ0) is 13.6. The third-order valence-corrected chi connectivity index (χ3v) is 4.68. The topological polar surface area (TPSA) is 32.3 Å². The molecule has 2 aliphatic rings. The summed E-state index contributed by atoms with van der Waals surface area (Å²) in [6, 6.07) is 6.30. The first-order valence-electron chi connectivity index (χ1n) is 6.87. The Morgan fingerprint density at radius 2 is 2.21 bits per heavy atom. The molecular weight excluding hydrogens is 260 g/mol. The van der Waals surface area contributed by atoms with E-state index in [2.05, 4.69) is 12.2 Å². The van der Waals surface area contributed by atoms with Gasteiger partial charge in [0.25, 0.3) is 5.91 Å². The fourth-order valence-corrected chi connectivity index (χ4v) is 3.76. The Labute approximate surface area is 118 Å². The largest absolute Gasteiger partial charge is 0.331 e. The monoisotopic (exact) mass is 278 g/mol. The summed E-state index contributed by atoms with van der Waals surface area (Å²) in [7, 11) is 0. The molecule has 0 bridgehead atoms. The molecule has 4 heteroatoms. The second-order valence-electron chi connectivity index (χ2n) is 5.77. The summed E-state index contributed by atoms with van der Waals surface area (Å²) in [5.74, 6) is 0.678. The van der Waals surface area contributed by atoms with Crippen LogP contribution in [0.5, 0.6) is 0 Å². The fraction of sp³-hybridized carbons (Fsp3) is 0.533. The summed E-state index contributed by atoms with van der Waals surface area (Å²) in [6.45, 7) is 6.05. The standard InChI is InChI=1S/C15H19ClN2O/c1-9-3-4-12(13(16)5-9)15(19)18-10(2)6-11-7-17-8-14(11)18/h3-5,10-11,14,17H,6-8H2,1-2H3. The Kier molecular flexibility index (Phi) is 3.27. The van der Waals surface area contributed by atoms with Crippen LogP contribution >= 0.6 is 11.6 Å². The maximum absolute atomic E-state index is 12.7. The van der Waals surface area contributed by atoms with Crippen molar-refractivity contribution in [2.45, 2.75) is 32.4 Å². The normalized spacial score (nSPS) is 29.6. The van der Waals surface area contributed by atoms with Crippen molar-refractivity contribution in [1.29, 1.82) is 0 Å². The molecule has 2 aliphatic heterocycles. The SMILES string of the molecule is Cc1ccc(C(=O)N2C(C)CC3CNCC32)c(Cl)c1. The third kappa shape index (κ3) is 2.15. The number of likely N-dealkylation sites (tertiary alicyclic amines) is 1. The minimum Gasteiger partial charge on any atom is -0.331 e. The number of nitrogens with zero attached hydrogens (tertiary/aromatic N) is 1. The molecule has 1 N–H and O–H groups in total. The van der Waals surface area contributed by atoms with E-state index in [1.54, 1.807) is 0 Å². The van der Waals surface area contributed by atoms with Crippen LogP contribution in [0.4, 0.5) is 0 Å². The van der Waals surface area contributed by atoms with E-state index in [9.17, 15) is 4.79 Å². The first kappa shape index (κ1) is 12.9. The van der Waals surface area contributed by atoms with E-state index in [1.807, 2.05) is 30.0 Å². The average Bonchev–Trinajstić information content (AvgIpc) is 2.87. The zero-order valence-corrected chi connectivity index (χ0v) is 12.1. The van der Waals surface area contributed by atoms with Gasteiger partial charge in [0.15, 0.2) is 0 Å². The smallest absolute Gasteiger partial charge is 0.255 e. The molecule has 3 nitrogen and oxygen atoms in total. The number of aryl methyl sites for hydroxylation is 1. The highest BCUT2D eigenvalue weighted by molar-refractivity contribution is 6.33. The maximum atomic E-state index is 12.7. The minimum absolute atomic E-state index is 0.0775. The molecule has 2 heterocycles. The molecule has 102 valence electrons. The van der Waals surface area contributed by atoms with Crippen LogP contribution in [0.3, 0.4) is 0 Å². The van der Waals surface area contributed by atoms with Crippen LogP contribution in [0, 0.1) is 12.8 Å². The Morgan fingerprint density at radius 1 is 1.42 bits per heavy atom. The highest BCUT2D eigenvalue weighted by atomic mass is 35.5. The van der Waals surface area contributed by atoms with E-state index in [-0.39, 0.29) is 5.91 Å². The van der Waals surface area contributed by atoms with E-state index in [4.69, 9.17) is 11.6 Å². The lowest BCUT2D eigenvalue weighted by Crippen LogP contribution is -2.42. The highest BCUT2D eigenvalue weighted by Gasteiger charge is 2.44. The number of halogens is 1. The van der Waals surface area contributed by atoms with Crippen molar-refractivity contribution >= 4 is 17.5 Å². The van der Waals surface area contributed by atoms with E-state index in [1.165, 1.54) is 0 Å². The van der Waals surface area contributed by atoms with E-state index >= 15 is 0 Å². The molecular formula is C15H19ClN2O. The van der Waals surface area contributed by atoms with Crippen LogP contribution in [0.2, 0.25) is 5.02 Å². The van der Waals surface area contributed by atoms with Gasteiger partial charge in [0.2, 0.25) is 0 Å². The van der Waals surface area contributed by atoms with Crippen molar-refractivity contribution in [3.63, 3.8) is 0 Å². The Bertz CT molecular complexity index is 517. The number of nitrogens with one attached hydrogen (secondary N) is 1. The summed E-state index contributed by atoms with van der Waals surface area (Å²) >= 11 is 6.23. The Morgan fingerprint density at radius 3 is 2.95 bits per heavy atom. The maximum Gasteiger partial charge on any atom is 0.255 e. The van der Waals surface area contributed by atoms with Crippen molar-refractivity contribution in [2.75, 3.05) is 13.1 Å². The van der Waals surface area contributed by atoms with Crippen LogP contribution < -0.4 is 5.32 Å². The van der Waals surface area contributed by atoms with Crippen molar-refractivity contribution < 1.29 is 4.79 Å². The molecule has 0 aliphatic carbocycles. The minimum atomic E-state index is 0.0775. The van der Waals surface area contributed by atoms with E-state index in [0.29, 0.717) is 28.6 Å². The summed E-state index contributed by atoms with van der Waals surface area (Å²) in [5, 5.41) is 3.94. The van der Waals surface area contributed by atoms with Crippen molar-refractivity contribution in [2.24, 2.45) is 5.92 Å². The van der Waals surface area contributed by atoms with Gasteiger partial charge >= 0.3 is 0 Å². The van der Waals surface area contributed by atoms with Crippen LogP contribution in [0.15, 0.2) is 18.2 Å². The summed E-state index contributed by atoms with van der Waals surface area (Å²) < 4.78 is 0. The van der Waals surface area contributed by atoms with E-state index < -0.39 is 0 Å². The fourth-order valence-electron chi connectivity index (χ4n) is 3.45. The lowest BCUT2D eigenvalue weighted by atomic mass is 10.0. The van der Waals surface area contributed by atoms with Gasteiger partial charge in [-0.2, -0.15) is 0 Å². The number of carbonyl (C=O) groups excluding carboxylic acids is 1. The number of hydrogen-bond donors (Lipinski definition) is 1. The molecule has 19 heavy (non-hydrogen) atoms. The number of rotatable bonds is 1. The van der Waals surface area contributed by atoms with E-state index in [0.717, 1.165) is 25.1 Å². The van der Waals surface area contributed by atoms with Gasteiger partial charge in [-0.15, -0.1) is 0 Å². The molecule has 1 aromatic carbocycles. The van der Waals surface area contributed by atoms with Crippen LogP contribution in [-0.4, -0.2) is 36.0 Å². The van der Waals surface area contributed by atoms with Gasteiger partial charge in [-0.05, 0) is 43.9 Å². The number of amides is 1. The lowest BCUT2D eigenvalue weighted by Gasteiger charge is -2.28. The second-order valence-corrected chi connectivity index (χ2v) is 6.17. The van der Waals surface area contributed by atoms with Gasteiger partial charge in [-0.1, -0.05) is 17.7 Å². The first-order valence-corrected chi connectivity index (χ1v) is 7.25. The first-order chi connectivity index (χ1) is 9.08. The van der Waals surface area contributed by atoms with Crippen molar-refractivity contribution in [1.82, 2.24) is 10.2 Å². The molecule has 0 radical (unpaired) electrons. The number of fused-ring (bicyclic) bond motifs is 1. The number of hydrogen-bond acceptors (Lipinski definition) is 2. The average molecular weight is 279 g/mol. The molecule has 0 aromatic heterocycles. The molecule has 1 aromatic rings. The highest BCUT2D eigenvalue weighted by Crippen LogP contribution is 2.34. The van der Waals surface area contributed by atoms with Gasteiger partial charge in [0.1, 0.15) is 0 Å². The van der Waals surface area contributed by atoms with Crippen molar-refractivity contribution in [3.8, 4) is 0 Å². The zero-order valence-electron chi connectivity index (χ0n) is 11.3. The van der Waals surface area contributed by atoms with Crippen LogP contribution in [0.1, 0.15) is 29.3 Å². The predicted octanol–water partition coefficient (Wildman–Crippen LogP) is 2.47. The molecule has 3 rings (SSSR count). The Balaban J connectivity index is 1.90. The summed E-state index contributed by atoms with van der Waals surface area (Å²) in [4.78, 5) is 14.8. The van der Waals surface area contributed by atoms with Crippen LogP contribution in [0.25, 0.3) is 0 Å². The molecule has 0 saturated carbocycles. The van der Waals surface area contributed by atoms with Gasteiger partial charge in [0, 0.05) is 25.2 Å². The van der Waals surface area contributed by atoms with Crippen LogP contribution in [-0.2, 0) is 0 Å². The van der Waals surface area contributed by atoms with Gasteiger partial charge < -0.3 is 10.2 Å². The molecule has 2 saturated heterocycles. The Hall–Kier alpha value is -1.06. The number of carbonyl (C=O) groups is 1. The predicted molar refractivity (Wildman–Crippen MR) is 76.6 cm³/mol. The second kappa shape index (κ2) is 4.80. The molecule has 3 unspecified atom stereocenters. The molecule has 3 atom stereocenters. The third-order valence-electron chi connectivity index (χ3n) is 4.37. The summed E-state index contributed by atoms with van der Waals surface area (Å²) in [6.07, 6.45) is 1.09.